The summed E-state index contributed by atoms with van der Waals surface area (Å²) < 4.78 is 10.6. The molecule has 98 valence electrons. The van der Waals surface area contributed by atoms with Gasteiger partial charge in [0.15, 0.2) is 5.78 Å². The molecule has 1 aliphatic heterocycles. The van der Waals surface area contributed by atoms with Gasteiger partial charge in [-0.3, -0.25) is 4.79 Å². The Labute approximate surface area is 112 Å². The summed E-state index contributed by atoms with van der Waals surface area (Å²) in [5, 5.41) is 0.451. The molecule has 0 aliphatic carbocycles. The van der Waals surface area contributed by atoms with Crippen LogP contribution in [0.5, 0.6) is 5.75 Å². The van der Waals surface area contributed by atoms with E-state index in [0.29, 0.717) is 22.8 Å². The van der Waals surface area contributed by atoms with E-state index in [0.717, 1.165) is 25.9 Å². The van der Waals surface area contributed by atoms with Crippen molar-refractivity contribution in [2.75, 3.05) is 13.7 Å². The van der Waals surface area contributed by atoms with E-state index in [1.165, 1.54) is 0 Å². The van der Waals surface area contributed by atoms with E-state index in [1.54, 1.807) is 25.3 Å². The van der Waals surface area contributed by atoms with E-state index in [1.807, 2.05) is 0 Å². The zero-order valence-corrected chi connectivity index (χ0v) is 11.2. The van der Waals surface area contributed by atoms with Crippen molar-refractivity contribution in [1.82, 2.24) is 0 Å². The molecule has 0 spiro atoms. The predicted octanol–water partition coefficient (Wildman–Crippen LogP) is 3.49. The molecule has 0 aromatic heterocycles. The minimum absolute atomic E-state index is 0.0677. The van der Waals surface area contributed by atoms with Gasteiger partial charge in [0.25, 0.3) is 0 Å². The van der Waals surface area contributed by atoms with Crippen molar-refractivity contribution in [1.29, 1.82) is 0 Å². The number of rotatable bonds is 5. The summed E-state index contributed by atoms with van der Waals surface area (Å²) in [6, 6.07) is 5.14. The fraction of sp³-hybridized carbons (Fsp3) is 0.500. The highest BCUT2D eigenvalue weighted by atomic mass is 35.5. The molecule has 1 saturated heterocycles. The van der Waals surface area contributed by atoms with Crippen LogP contribution in [-0.4, -0.2) is 25.6 Å². The highest BCUT2D eigenvalue weighted by molar-refractivity contribution is 6.34. The van der Waals surface area contributed by atoms with Crippen LogP contribution in [0.1, 0.15) is 36.0 Å². The molecule has 18 heavy (non-hydrogen) atoms. The molecule has 1 fully saturated rings. The molecule has 0 amide bonds. The van der Waals surface area contributed by atoms with Crippen molar-refractivity contribution in [2.45, 2.75) is 31.8 Å². The summed E-state index contributed by atoms with van der Waals surface area (Å²) in [4.78, 5) is 12.0. The summed E-state index contributed by atoms with van der Waals surface area (Å²) in [5.41, 5.74) is 0.565. The van der Waals surface area contributed by atoms with Gasteiger partial charge < -0.3 is 9.47 Å². The third-order valence-electron chi connectivity index (χ3n) is 3.19. The van der Waals surface area contributed by atoms with Gasteiger partial charge in [0.1, 0.15) is 5.75 Å². The van der Waals surface area contributed by atoms with Crippen LogP contribution in [0.3, 0.4) is 0 Å². The Morgan fingerprint density at radius 3 is 3.00 bits per heavy atom. The number of hydrogen-bond donors (Lipinski definition) is 0. The van der Waals surface area contributed by atoms with Gasteiger partial charge in [0.05, 0.1) is 18.2 Å². The van der Waals surface area contributed by atoms with Gasteiger partial charge in [-0.2, -0.15) is 0 Å². The van der Waals surface area contributed by atoms with Crippen LogP contribution in [0.2, 0.25) is 5.02 Å². The first kappa shape index (κ1) is 13.4. The number of Topliss-reactive ketones (excluding diaryl/α,β-unsaturated/α-hetero) is 1. The second-order valence-corrected chi connectivity index (χ2v) is 4.85. The Kier molecular flexibility index (Phi) is 4.61. The second kappa shape index (κ2) is 6.21. The molecule has 1 aliphatic rings. The Balaban J connectivity index is 1.95. The van der Waals surface area contributed by atoms with Crippen molar-refractivity contribution < 1.29 is 14.3 Å². The smallest absolute Gasteiger partial charge is 0.164 e. The maximum Gasteiger partial charge on any atom is 0.164 e. The average molecular weight is 269 g/mol. The Morgan fingerprint density at radius 1 is 1.56 bits per heavy atom. The third-order valence-corrected chi connectivity index (χ3v) is 3.51. The number of halogens is 1. The largest absolute Gasteiger partial charge is 0.497 e. The van der Waals surface area contributed by atoms with Crippen LogP contribution in [0.25, 0.3) is 0 Å². The molecule has 4 heteroatoms. The van der Waals surface area contributed by atoms with E-state index >= 15 is 0 Å². The number of methoxy groups -OCH3 is 1. The lowest BCUT2D eigenvalue weighted by molar-refractivity contribution is 0.0859. The molecular weight excluding hydrogens is 252 g/mol. The average Bonchev–Trinajstić information content (AvgIpc) is 2.88. The Morgan fingerprint density at radius 2 is 2.39 bits per heavy atom. The summed E-state index contributed by atoms with van der Waals surface area (Å²) in [6.07, 6.45) is 3.66. The maximum atomic E-state index is 12.0. The number of ketones is 1. The van der Waals surface area contributed by atoms with Crippen LogP contribution in [-0.2, 0) is 4.74 Å². The van der Waals surface area contributed by atoms with Crippen molar-refractivity contribution >= 4 is 17.4 Å². The topological polar surface area (TPSA) is 35.5 Å². The van der Waals surface area contributed by atoms with Crippen LogP contribution in [0, 0.1) is 0 Å². The van der Waals surface area contributed by atoms with E-state index in [-0.39, 0.29) is 11.9 Å². The first-order valence-corrected chi connectivity index (χ1v) is 6.57. The molecule has 1 unspecified atom stereocenters. The maximum absolute atomic E-state index is 12.0. The summed E-state index contributed by atoms with van der Waals surface area (Å²) in [7, 11) is 1.57. The van der Waals surface area contributed by atoms with Gasteiger partial charge in [0, 0.05) is 18.6 Å². The van der Waals surface area contributed by atoms with E-state index in [9.17, 15) is 4.79 Å². The SMILES string of the molecule is COc1ccc(C(=O)CCC2CCCO2)c(Cl)c1. The molecule has 1 aromatic rings. The van der Waals surface area contributed by atoms with Crippen LogP contribution in [0.15, 0.2) is 18.2 Å². The molecule has 0 N–H and O–H groups in total. The summed E-state index contributed by atoms with van der Waals surface area (Å²) >= 11 is 6.07. The van der Waals surface area contributed by atoms with Crippen molar-refractivity contribution in [3.8, 4) is 5.75 Å². The van der Waals surface area contributed by atoms with Gasteiger partial charge >= 0.3 is 0 Å². The minimum Gasteiger partial charge on any atom is -0.497 e. The molecular formula is C14H17ClO3. The van der Waals surface area contributed by atoms with Gasteiger partial charge in [-0.15, -0.1) is 0 Å². The summed E-state index contributed by atoms with van der Waals surface area (Å²) in [5.74, 6) is 0.730. The lowest BCUT2D eigenvalue weighted by atomic mass is 10.0. The lowest BCUT2D eigenvalue weighted by Gasteiger charge is -2.09. The Hall–Kier alpha value is -1.06. The Bertz CT molecular complexity index is 425. The first-order chi connectivity index (χ1) is 8.70. The van der Waals surface area contributed by atoms with Crippen molar-refractivity contribution in [3.05, 3.63) is 28.8 Å². The molecule has 2 rings (SSSR count). The number of benzene rings is 1. The first-order valence-electron chi connectivity index (χ1n) is 6.19. The fourth-order valence-corrected chi connectivity index (χ4v) is 2.42. The van der Waals surface area contributed by atoms with Gasteiger partial charge in [-0.1, -0.05) is 11.6 Å². The highest BCUT2D eigenvalue weighted by Gasteiger charge is 2.18. The van der Waals surface area contributed by atoms with E-state index in [2.05, 4.69) is 0 Å². The molecule has 1 aromatic carbocycles. The second-order valence-electron chi connectivity index (χ2n) is 4.44. The number of ether oxygens (including phenoxy) is 2. The normalized spacial score (nSPS) is 18.9. The van der Waals surface area contributed by atoms with Gasteiger partial charge in [-0.25, -0.2) is 0 Å². The van der Waals surface area contributed by atoms with Gasteiger partial charge in [-0.05, 0) is 37.5 Å². The molecule has 0 saturated carbocycles. The van der Waals surface area contributed by atoms with Crippen molar-refractivity contribution in [2.24, 2.45) is 0 Å². The molecule has 0 bridgehead atoms. The summed E-state index contributed by atoms with van der Waals surface area (Å²) in [6.45, 7) is 0.822. The lowest BCUT2D eigenvalue weighted by Crippen LogP contribution is -2.09. The van der Waals surface area contributed by atoms with Crippen LogP contribution >= 0.6 is 11.6 Å². The van der Waals surface area contributed by atoms with E-state index < -0.39 is 0 Å². The fourth-order valence-electron chi connectivity index (χ4n) is 2.15. The van der Waals surface area contributed by atoms with Crippen molar-refractivity contribution in [3.63, 3.8) is 0 Å². The standard InChI is InChI=1S/C14H17ClO3/c1-17-11-4-6-12(13(15)9-11)14(16)7-5-10-3-2-8-18-10/h4,6,9-10H,2-3,5,7-8H2,1H3. The molecule has 0 radical (unpaired) electrons. The molecule has 1 heterocycles. The third kappa shape index (κ3) is 3.24. The monoisotopic (exact) mass is 268 g/mol. The zero-order chi connectivity index (χ0) is 13.0. The predicted molar refractivity (Wildman–Crippen MR) is 70.5 cm³/mol. The van der Waals surface area contributed by atoms with E-state index in [4.69, 9.17) is 21.1 Å². The number of carbonyl (C=O) groups is 1. The molecule has 1 atom stereocenters. The van der Waals surface area contributed by atoms with Crippen LogP contribution in [0.4, 0.5) is 0 Å². The van der Waals surface area contributed by atoms with Crippen LogP contribution < -0.4 is 4.74 Å². The quantitative estimate of drug-likeness (QED) is 0.767. The minimum atomic E-state index is 0.0677. The number of hydrogen-bond acceptors (Lipinski definition) is 3. The van der Waals surface area contributed by atoms with Gasteiger partial charge in [0.2, 0.25) is 0 Å². The zero-order valence-electron chi connectivity index (χ0n) is 10.4. The number of carbonyl (C=O) groups excluding carboxylic acids is 1. The molecule has 3 nitrogen and oxygen atoms in total. The highest BCUT2D eigenvalue weighted by Crippen LogP contribution is 2.25.